The molecule has 0 saturated carbocycles. The summed E-state index contributed by atoms with van der Waals surface area (Å²) in [6.07, 6.45) is 1.18. The summed E-state index contributed by atoms with van der Waals surface area (Å²) in [5, 5.41) is 0.233. The van der Waals surface area contributed by atoms with Crippen molar-refractivity contribution < 1.29 is 8.42 Å². The lowest BCUT2D eigenvalue weighted by molar-refractivity contribution is 0.601. The molecule has 0 amide bonds. The van der Waals surface area contributed by atoms with E-state index in [-0.39, 0.29) is 4.90 Å². The SMILES string of the molecule is CS(=O)(=O)c1cccc(C(Cl)c2ccc(Cl)cc2)c1. The zero-order valence-electron chi connectivity index (χ0n) is 10.2. The predicted octanol–water partition coefficient (Wildman–Crippen LogP) is 4.07. The van der Waals surface area contributed by atoms with Crippen molar-refractivity contribution in [3.63, 3.8) is 0 Å². The minimum absolute atomic E-state index is 0.268. The average molecular weight is 315 g/mol. The molecule has 0 radical (unpaired) electrons. The van der Waals surface area contributed by atoms with E-state index in [1.54, 1.807) is 36.4 Å². The van der Waals surface area contributed by atoms with Gasteiger partial charge in [0.2, 0.25) is 0 Å². The van der Waals surface area contributed by atoms with Crippen LogP contribution in [0, 0.1) is 0 Å². The molecule has 2 nitrogen and oxygen atoms in total. The van der Waals surface area contributed by atoms with Gasteiger partial charge >= 0.3 is 0 Å². The van der Waals surface area contributed by atoms with Crippen molar-refractivity contribution in [2.45, 2.75) is 10.3 Å². The molecule has 2 aromatic carbocycles. The zero-order valence-corrected chi connectivity index (χ0v) is 12.5. The standard InChI is InChI=1S/C14H12Cl2O2S/c1-19(17,18)13-4-2-3-11(9-13)14(16)10-5-7-12(15)8-6-10/h2-9,14H,1H3. The third kappa shape index (κ3) is 3.50. The second-order valence-corrected chi connectivity index (χ2v) is 7.15. The maximum Gasteiger partial charge on any atom is 0.175 e. The minimum atomic E-state index is -3.23. The van der Waals surface area contributed by atoms with E-state index in [1.807, 2.05) is 12.1 Å². The first kappa shape index (κ1) is 14.4. The lowest BCUT2D eigenvalue weighted by Crippen LogP contribution is -1.99. The van der Waals surface area contributed by atoms with Gasteiger partial charge in [0.05, 0.1) is 10.3 Å². The second-order valence-electron chi connectivity index (χ2n) is 4.26. The van der Waals surface area contributed by atoms with E-state index in [0.717, 1.165) is 11.1 Å². The van der Waals surface area contributed by atoms with Crippen LogP contribution in [-0.2, 0) is 9.84 Å². The number of rotatable bonds is 3. The van der Waals surface area contributed by atoms with Gasteiger partial charge in [-0.15, -0.1) is 11.6 Å². The average Bonchev–Trinajstić information content (AvgIpc) is 2.38. The highest BCUT2D eigenvalue weighted by Crippen LogP contribution is 2.30. The van der Waals surface area contributed by atoms with Crippen LogP contribution in [0.1, 0.15) is 16.5 Å². The Balaban J connectivity index is 2.39. The van der Waals surface area contributed by atoms with Crippen LogP contribution in [0.2, 0.25) is 5.02 Å². The molecule has 0 aliphatic rings. The first-order valence-electron chi connectivity index (χ1n) is 5.57. The molecule has 2 aromatic rings. The summed E-state index contributed by atoms with van der Waals surface area (Å²) in [5.74, 6) is 0. The van der Waals surface area contributed by atoms with Crippen LogP contribution in [-0.4, -0.2) is 14.7 Å². The van der Waals surface area contributed by atoms with Crippen LogP contribution in [0.15, 0.2) is 53.4 Å². The number of hydrogen-bond acceptors (Lipinski definition) is 2. The van der Waals surface area contributed by atoms with Crippen LogP contribution in [0.25, 0.3) is 0 Å². The number of sulfone groups is 1. The molecule has 0 spiro atoms. The van der Waals surface area contributed by atoms with Crippen molar-refractivity contribution in [1.29, 1.82) is 0 Å². The van der Waals surface area contributed by atoms with Crippen LogP contribution in [0.4, 0.5) is 0 Å². The first-order chi connectivity index (χ1) is 8.88. The molecule has 0 heterocycles. The summed E-state index contributed by atoms with van der Waals surface area (Å²) in [6.45, 7) is 0. The Hall–Kier alpha value is -1.03. The molecule has 2 rings (SSSR count). The molecule has 1 unspecified atom stereocenters. The Morgan fingerprint density at radius 1 is 1.00 bits per heavy atom. The van der Waals surface area contributed by atoms with Gasteiger partial charge in [0.25, 0.3) is 0 Å². The Kier molecular flexibility index (Phi) is 4.19. The summed E-state index contributed by atoms with van der Waals surface area (Å²) in [6, 6.07) is 13.8. The highest BCUT2D eigenvalue weighted by Gasteiger charge is 2.14. The van der Waals surface area contributed by atoms with E-state index in [2.05, 4.69) is 0 Å². The van der Waals surface area contributed by atoms with Crippen molar-refractivity contribution in [2.75, 3.05) is 6.26 Å². The van der Waals surface area contributed by atoms with Gasteiger partial charge in [-0.1, -0.05) is 35.9 Å². The lowest BCUT2D eigenvalue weighted by atomic mass is 10.0. The molecule has 5 heteroatoms. The zero-order chi connectivity index (χ0) is 14.0. The summed E-state index contributed by atoms with van der Waals surface area (Å²) in [7, 11) is -3.23. The molecule has 19 heavy (non-hydrogen) atoms. The van der Waals surface area contributed by atoms with E-state index < -0.39 is 15.2 Å². The second kappa shape index (κ2) is 5.53. The molecular formula is C14H12Cl2O2S. The minimum Gasteiger partial charge on any atom is -0.224 e. The van der Waals surface area contributed by atoms with Gasteiger partial charge in [-0.25, -0.2) is 8.42 Å². The van der Waals surface area contributed by atoms with Gasteiger partial charge < -0.3 is 0 Å². The predicted molar refractivity (Wildman–Crippen MR) is 78.7 cm³/mol. The fraction of sp³-hybridized carbons (Fsp3) is 0.143. The van der Waals surface area contributed by atoms with Gasteiger partial charge in [-0.3, -0.25) is 0 Å². The molecular weight excluding hydrogens is 303 g/mol. The number of alkyl halides is 1. The highest BCUT2D eigenvalue weighted by molar-refractivity contribution is 7.90. The van der Waals surface area contributed by atoms with Crippen molar-refractivity contribution in [2.24, 2.45) is 0 Å². The lowest BCUT2D eigenvalue weighted by Gasteiger charge is -2.11. The smallest absolute Gasteiger partial charge is 0.175 e. The van der Waals surface area contributed by atoms with Crippen LogP contribution in [0.3, 0.4) is 0 Å². The monoisotopic (exact) mass is 314 g/mol. The molecule has 0 N–H and O–H groups in total. The van der Waals surface area contributed by atoms with E-state index >= 15 is 0 Å². The molecule has 0 fully saturated rings. The number of benzene rings is 2. The largest absolute Gasteiger partial charge is 0.224 e. The molecule has 0 saturated heterocycles. The van der Waals surface area contributed by atoms with Crippen LogP contribution in [0.5, 0.6) is 0 Å². The summed E-state index contributed by atoms with van der Waals surface area (Å²) < 4.78 is 23.1. The number of hydrogen-bond donors (Lipinski definition) is 0. The highest BCUT2D eigenvalue weighted by atomic mass is 35.5. The fourth-order valence-electron chi connectivity index (χ4n) is 1.73. The Morgan fingerprint density at radius 2 is 1.63 bits per heavy atom. The summed E-state index contributed by atoms with van der Waals surface area (Å²) >= 11 is 12.2. The summed E-state index contributed by atoms with van der Waals surface area (Å²) in [4.78, 5) is 0.268. The Labute approximate surface area is 122 Å². The van der Waals surface area contributed by atoms with Gasteiger partial charge in [-0.2, -0.15) is 0 Å². The van der Waals surface area contributed by atoms with Crippen molar-refractivity contribution in [3.8, 4) is 0 Å². The normalized spacial score (nSPS) is 13.2. The maximum absolute atomic E-state index is 11.5. The van der Waals surface area contributed by atoms with Crippen LogP contribution < -0.4 is 0 Å². The molecule has 0 bridgehead atoms. The van der Waals surface area contributed by atoms with E-state index in [1.165, 1.54) is 6.26 Å². The molecule has 0 aliphatic heterocycles. The van der Waals surface area contributed by atoms with Gasteiger partial charge in [-0.05, 0) is 35.4 Å². The molecule has 0 aliphatic carbocycles. The van der Waals surface area contributed by atoms with E-state index in [0.29, 0.717) is 5.02 Å². The fourth-order valence-corrected chi connectivity index (χ4v) is 2.81. The third-order valence-electron chi connectivity index (χ3n) is 2.74. The molecule has 100 valence electrons. The maximum atomic E-state index is 11.5. The van der Waals surface area contributed by atoms with Crippen molar-refractivity contribution in [1.82, 2.24) is 0 Å². The third-order valence-corrected chi connectivity index (χ3v) is 4.61. The molecule has 0 aromatic heterocycles. The number of halogens is 2. The topological polar surface area (TPSA) is 34.1 Å². The van der Waals surface area contributed by atoms with Crippen molar-refractivity contribution in [3.05, 3.63) is 64.7 Å². The Bertz CT molecular complexity index is 679. The van der Waals surface area contributed by atoms with Crippen molar-refractivity contribution >= 4 is 33.0 Å². The van der Waals surface area contributed by atoms with Gasteiger partial charge in [0, 0.05) is 11.3 Å². The van der Waals surface area contributed by atoms with Gasteiger partial charge in [0.15, 0.2) is 9.84 Å². The summed E-state index contributed by atoms with van der Waals surface area (Å²) in [5.41, 5.74) is 1.61. The quantitative estimate of drug-likeness (QED) is 0.800. The van der Waals surface area contributed by atoms with E-state index in [4.69, 9.17) is 23.2 Å². The Morgan fingerprint density at radius 3 is 2.21 bits per heavy atom. The first-order valence-corrected chi connectivity index (χ1v) is 8.28. The van der Waals surface area contributed by atoms with Gasteiger partial charge in [0.1, 0.15) is 0 Å². The van der Waals surface area contributed by atoms with Crippen LogP contribution >= 0.6 is 23.2 Å². The van der Waals surface area contributed by atoms with E-state index in [9.17, 15) is 8.42 Å². The molecule has 1 atom stereocenters.